The summed E-state index contributed by atoms with van der Waals surface area (Å²) in [4.78, 5) is 48.9. The van der Waals surface area contributed by atoms with Crippen molar-refractivity contribution in [1.82, 2.24) is 33.9 Å². The van der Waals surface area contributed by atoms with E-state index < -0.39 is 24.5 Å². The number of aliphatic hydroxyl groups excluding tert-OH is 1. The lowest BCUT2D eigenvalue weighted by atomic mass is 9.78. The number of benzene rings is 1. The molecule has 62 heavy (non-hydrogen) atoms. The summed E-state index contributed by atoms with van der Waals surface area (Å²) in [5.74, 6) is 0.489. The van der Waals surface area contributed by atoms with Crippen molar-refractivity contribution >= 4 is 39.8 Å². The number of amides is 2. The molecule has 0 spiro atoms. The molecule has 8 rings (SSSR count). The smallest absolute Gasteiger partial charge is 0.390 e. The van der Waals surface area contributed by atoms with Gasteiger partial charge in [-0.05, 0) is 119 Å². The standard InChI is InChI=1S/C45H61F3N8O6/c1-53-39-25-29(6-13-37(39)56(44(53)60)38-14-15-40(58)51-42(38)59)3-2-22-61-23-24-62-34-16-20-54(21-17-34)27-30-4-7-31(8-5-30)36-28-55(32-9-11-33(57)12-10-32)41-35(36)26-50-43(52-41)49-19-18-45(46,47)48/h6,13,25-26,28,30-34,38,57H,2-5,7-12,14-24,27H2,1H3,(H,49,50,52)(H,51,58,59)/t30?,31?,32?,33?,38-/m0/s1. The summed E-state index contributed by atoms with van der Waals surface area (Å²) in [6, 6.07) is 5.37. The van der Waals surface area contributed by atoms with E-state index in [-0.39, 0.29) is 48.8 Å². The van der Waals surface area contributed by atoms with Gasteiger partial charge in [0.2, 0.25) is 17.8 Å². The first-order valence-electron chi connectivity index (χ1n) is 22.7. The Bertz CT molecular complexity index is 2230. The monoisotopic (exact) mass is 866 g/mol. The number of hydrogen-bond acceptors (Lipinski definition) is 10. The average Bonchev–Trinajstić information content (AvgIpc) is 3.74. The second-order valence-electron chi connectivity index (χ2n) is 18.0. The first-order chi connectivity index (χ1) is 29.9. The highest BCUT2D eigenvalue weighted by Crippen LogP contribution is 2.42. The van der Waals surface area contributed by atoms with Gasteiger partial charge in [-0.2, -0.15) is 18.2 Å². The highest BCUT2D eigenvalue weighted by molar-refractivity contribution is 6.00. The molecule has 3 aromatic heterocycles. The van der Waals surface area contributed by atoms with Crippen molar-refractivity contribution in [3.63, 3.8) is 0 Å². The Balaban J connectivity index is 0.737. The van der Waals surface area contributed by atoms with Crippen LogP contribution in [0.2, 0.25) is 0 Å². The zero-order chi connectivity index (χ0) is 43.4. The largest absolute Gasteiger partial charge is 0.393 e. The van der Waals surface area contributed by atoms with Crippen LogP contribution in [0.1, 0.15) is 119 Å². The summed E-state index contributed by atoms with van der Waals surface area (Å²) >= 11 is 0. The number of likely N-dealkylation sites (tertiary alicyclic amines) is 1. The molecule has 338 valence electrons. The number of nitrogens with one attached hydrogen (secondary N) is 2. The fourth-order valence-corrected chi connectivity index (χ4v) is 10.2. The van der Waals surface area contributed by atoms with Crippen molar-refractivity contribution in [2.45, 2.75) is 133 Å². The predicted molar refractivity (Wildman–Crippen MR) is 228 cm³/mol. The molecule has 2 aliphatic carbocycles. The van der Waals surface area contributed by atoms with E-state index in [1.54, 1.807) is 17.8 Å². The lowest BCUT2D eigenvalue weighted by Crippen LogP contribution is -2.44. The molecule has 4 aliphatic rings. The molecule has 4 fully saturated rings. The summed E-state index contributed by atoms with van der Waals surface area (Å²) in [5.41, 5.74) is 4.27. The fraction of sp³-hybridized carbons (Fsp3) is 0.667. The molecule has 3 N–H and O–H groups in total. The number of piperidine rings is 2. The third-order valence-electron chi connectivity index (χ3n) is 13.7. The third-order valence-corrected chi connectivity index (χ3v) is 13.7. The average molecular weight is 867 g/mol. The number of carbonyl (C=O) groups excluding carboxylic acids is 2. The van der Waals surface area contributed by atoms with Crippen molar-refractivity contribution < 1.29 is 37.3 Å². The maximum atomic E-state index is 13.1. The molecule has 14 nitrogen and oxygen atoms in total. The third kappa shape index (κ3) is 10.5. The van der Waals surface area contributed by atoms with E-state index in [4.69, 9.17) is 14.5 Å². The Hall–Kier alpha value is -4.32. The second-order valence-corrected chi connectivity index (χ2v) is 18.0. The van der Waals surface area contributed by atoms with Gasteiger partial charge in [0, 0.05) is 70.1 Å². The Morgan fingerprint density at radius 2 is 1.71 bits per heavy atom. The molecule has 5 heterocycles. The van der Waals surface area contributed by atoms with E-state index in [9.17, 15) is 32.7 Å². The molecular weight excluding hydrogens is 806 g/mol. The van der Waals surface area contributed by atoms with Gasteiger partial charge in [0.05, 0.1) is 42.9 Å². The van der Waals surface area contributed by atoms with Gasteiger partial charge in [0.15, 0.2) is 0 Å². The number of alkyl halides is 3. The molecule has 2 saturated heterocycles. The van der Waals surface area contributed by atoms with Gasteiger partial charge in [0.25, 0.3) is 0 Å². The van der Waals surface area contributed by atoms with Crippen molar-refractivity contribution in [3.8, 4) is 0 Å². The van der Waals surface area contributed by atoms with Crippen LogP contribution in [0.4, 0.5) is 19.1 Å². The van der Waals surface area contributed by atoms with E-state index in [1.807, 2.05) is 18.2 Å². The van der Waals surface area contributed by atoms with Gasteiger partial charge in [0.1, 0.15) is 11.7 Å². The highest BCUT2D eigenvalue weighted by atomic mass is 19.4. The second kappa shape index (κ2) is 19.6. The van der Waals surface area contributed by atoms with Crippen LogP contribution >= 0.6 is 0 Å². The van der Waals surface area contributed by atoms with Gasteiger partial charge >= 0.3 is 11.9 Å². The minimum atomic E-state index is -4.25. The number of imidazole rings is 1. The number of halogens is 3. The zero-order valence-corrected chi connectivity index (χ0v) is 35.7. The van der Waals surface area contributed by atoms with E-state index in [2.05, 4.69) is 31.3 Å². The summed E-state index contributed by atoms with van der Waals surface area (Å²) in [6.45, 7) is 4.59. The molecule has 0 bridgehead atoms. The van der Waals surface area contributed by atoms with Crippen molar-refractivity contribution in [2.75, 3.05) is 51.3 Å². The molecule has 0 unspecified atom stereocenters. The Kier molecular flexibility index (Phi) is 14.0. The first kappa shape index (κ1) is 44.3. The predicted octanol–water partition coefficient (Wildman–Crippen LogP) is 6.31. The number of aromatic nitrogens is 5. The quantitative estimate of drug-likeness (QED) is 0.0862. The van der Waals surface area contributed by atoms with Gasteiger partial charge in [-0.25, -0.2) is 9.78 Å². The number of anilines is 1. The number of aryl methyl sites for hydroxylation is 2. The summed E-state index contributed by atoms with van der Waals surface area (Å²) in [7, 11) is 1.71. The van der Waals surface area contributed by atoms with Crippen LogP contribution in [-0.2, 0) is 32.5 Å². The molecule has 4 aromatic rings. The Morgan fingerprint density at radius 1 is 0.935 bits per heavy atom. The van der Waals surface area contributed by atoms with Crippen molar-refractivity contribution in [2.24, 2.45) is 13.0 Å². The number of rotatable bonds is 16. The van der Waals surface area contributed by atoms with E-state index >= 15 is 0 Å². The van der Waals surface area contributed by atoms with Crippen LogP contribution in [0.15, 0.2) is 35.4 Å². The van der Waals surface area contributed by atoms with E-state index in [0.29, 0.717) is 43.6 Å². The van der Waals surface area contributed by atoms with Crippen molar-refractivity contribution in [1.29, 1.82) is 0 Å². The minimum Gasteiger partial charge on any atom is -0.393 e. The maximum Gasteiger partial charge on any atom is 0.390 e. The van der Waals surface area contributed by atoms with Crippen molar-refractivity contribution in [3.05, 3.63) is 52.2 Å². The molecule has 0 radical (unpaired) electrons. The lowest BCUT2D eigenvalue weighted by Gasteiger charge is -2.36. The van der Waals surface area contributed by atoms with Crippen LogP contribution in [0, 0.1) is 5.92 Å². The number of fused-ring (bicyclic) bond motifs is 2. The summed E-state index contributed by atoms with van der Waals surface area (Å²) < 4.78 is 55.8. The number of aliphatic hydroxyl groups is 1. The van der Waals surface area contributed by atoms with E-state index in [0.717, 1.165) is 119 Å². The number of imide groups is 1. The summed E-state index contributed by atoms with van der Waals surface area (Å²) in [5, 5.41) is 16.3. The number of carbonyl (C=O) groups is 2. The molecule has 17 heteroatoms. The van der Waals surface area contributed by atoms with Crippen LogP contribution < -0.4 is 16.3 Å². The van der Waals surface area contributed by atoms with Gasteiger partial charge < -0.3 is 29.4 Å². The normalized spacial score (nSPS) is 24.6. The van der Waals surface area contributed by atoms with E-state index in [1.165, 1.54) is 10.1 Å². The molecular formula is C45H61F3N8O6. The maximum absolute atomic E-state index is 13.1. The Labute approximate surface area is 359 Å². The highest BCUT2D eigenvalue weighted by Gasteiger charge is 2.33. The number of nitrogens with zero attached hydrogens (tertiary/aromatic N) is 6. The van der Waals surface area contributed by atoms with Crippen LogP contribution in [0.5, 0.6) is 0 Å². The topological polar surface area (TPSA) is 158 Å². The minimum absolute atomic E-state index is 0.193. The lowest BCUT2D eigenvalue weighted by molar-refractivity contribution is -0.136. The molecule has 2 saturated carbocycles. The SMILES string of the molecule is Cn1c(=O)n([C@H]2CCC(=O)NC2=O)c2ccc(CCCOCCOC3CCN(CC4CCC(c5cn(C6CCC(O)CC6)c6nc(NCCC(F)(F)F)ncc56)CC4)CC3)cc21. The Morgan fingerprint density at radius 3 is 2.45 bits per heavy atom. The first-order valence-corrected chi connectivity index (χ1v) is 22.7. The number of hydrogen-bond donors (Lipinski definition) is 3. The molecule has 1 atom stereocenters. The number of ether oxygens (including phenoxy) is 2. The van der Waals surface area contributed by atoms with Gasteiger partial charge in [-0.1, -0.05) is 6.07 Å². The zero-order valence-electron chi connectivity index (χ0n) is 35.7. The van der Waals surface area contributed by atoms with Crippen LogP contribution in [0.3, 0.4) is 0 Å². The molecule has 1 aromatic carbocycles. The van der Waals surface area contributed by atoms with Gasteiger partial charge in [-0.3, -0.25) is 24.0 Å². The molecule has 2 amide bonds. The van der Waals surface area contributed by atoms with Gasteiger partial charge in [-0.15, -0.1) is 0 Å². The summed E-state index contributed by atoms with van der Waals surface area (Å²) in [6.07, 6.45) is 10.5. The van der Waals surface area contributed by atoms with Crippen LogP contribution in [-0.4, -0.2) is 110 Å². The van der Waals surface area contributed by atoms with Crippen LogP contribution in [0.25, 0.3) is 22.1 Å². The molecule has 2 aliphatic heterocycles. The fourth-order valence-electron chi connectivity index (χ4n) is 10.2.